The molecule has 3 aromatic rings. The van der Waals surface area contributed by atoms with E-state index in [9.17, 15) is 9.59 Å². The van der Waals surface area contributed by atoms with Crippen LogP contribution in [0, 0.1) is 20.8 Å². The number of carbonyl (C=O) groups is 2. The summed E-state index contributed by atoms with van der Waals surface area (Å²) in [4.78, 5) is 29.7. The third kappa shape index (κ3) is 4.35. The van der Waals surface area contributed by atoms with Crippen molar-refractivity contribution in [1.29, 1.82) is 0 Å². The number of fused-ring (bicyclic) bond motifs is 1. The minimum Gasteiger partial charge on any atom is -0.462 e. The Kier molecular flexibility index (Phi) is 6.50. The molecule has 2 heterocycles. The summed E-state index contributed by atoms with van der Waals surface area (Å²) < 4.78 is 6.64. The van der Waals surface area contributed by atoms with Crippen LogP contribution in [0.5, 0.6) is 0 Å². The van der Waals surface area contributed by atoms with Crippen LogP contribution in [0.15, 0.2) is 24.4 Å². The first-order chi connectivity index (χ1) is 14.3. The molecule has 0 spiro atoms. The van der Waals surface area contributed by atoms with Crippen molar-refractivity contribution in [1.82, 2.24) is 14.8 Å². The van der Waals surface area contributed by atoms with E-state index in [1.807, 2.05) is 26.8 Å². The van der Waals surface area contributed by atoms with Crippen molar-refractivity contribution in [3.8, 4) is 5.82 Å². The first-order valence-electron chi connectivity index (χ1n) is 10.3. The molecule has 30 heavy (non-hydrogen) atoms. The van der Waals surface area contributed by atoms with Gasteiger partial charge >= 0.3 is 5.97 Å². The molecular formula is C23H28N4O3. The molecule has 0 radical (unpaired) electrons. The van der Waals surface area contributed by atoms with Gasteiger partial charge in [-0.3, -0.25) is 4.79 Å². The normalized spacial score (nSPS) is 11.0. The van der Waals surface area contributed by atoms with Gasteiger partial charge in [-0.25, -0.2) is 9.78 Å². The number of hydrogen-bond acceptors (Lipinski definition) is 5. The zero-order valence-electron chi connectivity index (χ0n) is 18.2. The van der Waals surface area contributed by atoms with Gasteiger partial charge in [-0.1, -0.05) is 25.0 Å². The second-order valence-electron chi connectivity index (χ2n) is 7.47. The van der Waals surface area contributed by atoms with Gasteiger partial charge in [0, 0.05) is 11.8 Å². The Balaban J connectivity index is 2.13. The summed E-state index contributed by atoms with van der Waals surface area (Å²) in [5, 5.41) is 8.27. The van der Waals surface area contributed by atoms with Gasteiger partial charge in [0.25, 0.3) is 0 Å². The number of aromatic nitrogens is 3. The standard InChI is InChI=1S/C23H28N4O3/c1-6-8-9-20(28)26-22-18(23(29)30-7-2)13-24-27(22)19-12-15(4)17-11-14(3)10-16(5)21(17)25-19/h10-13H,6-9H2,1-5H3,(H,26,28). The number of carbonyl (C=O) groups excluding carboxylic acids is 2. The van der Waals surface area contributed by atoms with Crippen LogP contribution in [-0.2, 0) is 9.53 Å². The molecule has 0 saturated carbocycles. The van der Waals surface area contributed by atoms with Gasteiger partial charge in [0.05, 0.1) is 18.3 Å². The summed E-state index contributed by atoms with van der Waals surface area (Å²) in [5.41, 5.74) is 4.35. The highest BCUT2D eigenvalue weighted by Crippen LogP contribution is 2.27. The van der Waals surface area contributed by atoms with E-state index in [2.05, 4.69) is 29.5 Å². The van der Waals surface area contributed by atoms with Crippen molar-refractivity contribution >= 4 is 28.6 Å². The number of pyridine rings is 1. The molecule has 3 rings (SSSR count). The molecule has 1 amide bonds. The molecule has 0 aliphatic rings. The molecule has 0 unspecified atom stereocenters. The fraction of sp³-hybridized carbons (Fsp3) is 0.391. The Morgan fingerprint density at radius 1 is 1.10 bits per heavy atom. The largest absolute Gasteiger partial charge is 0.462 e. The molecule has 0 atom stereocenters. The zero-order chi connectivity index (χ0) is 21.8. The molecule has 2 aromatic heterocycles. The number of unbranched alkanes of at least 4 members (excludes halogenated alkanes) is 1. The van der Waals surface area contributed by atoms with Crippen molar-refractivity contribution in [3.63, 3.8) is 0 Å². The van der Waals surface area contributed by atoms with Crippen LogP contribution in [-0.4, -0.2) is 33.2 Å². The van der Waals surface area contributed by atoms with Crippen LogP contribution < -0.4 is 5.32 Å². The summed E-state index contributed by atoms with van der Waals surface area (Å²) in [5.74, 6) is 0.117. The molecule has 0 fully saturated rings. The smallest absolute Gasteiger partial charge is 0.343 e. The number of esters is 1. The van der Waals surface area contributed by atoms with Crippen LogP contribution in [0.3, 0.4) is 0 Å². The maximum absolute atomic E-state index is 12.4. The SMILES string of the molecule is CCCCC(=O)Nc1c(C(=O)OCC)cnn1-c1cc(C)c2cc(C)cc(C)c2n1. The van der Waals surface area contributed by atoms with E-state index in [1.54, 1.807) is 6.92 Å². The van der Waals surface area contributed by atoms with E-state index in [0.717, 1.165) is 34.9 Å². The van der Waals surface area contributed by atoms with Gasteiger partial charge in [-0.05, 0) is 57.4 Å². The van der Waals surface area contributed by atoms with E-state index < -0.39 is 5.97 Å². The molecule has 0 saturated heterocycles. The van der Waals surface area contributed by atoms with Gasteiger partial charge in [0.15, 0.2) is 11.6 Å². The van der Waals surface area contributed by atoms with Gasteiger partial charge in [0.2, 0.25) is 5.91 Å². The van der Waals surface area contributed by atoms with Gasteiger partial charge in [0.1, 0.15) is 5.56 Å². The summed E-state index contributed by atoms with van der Waals surface area (Å²) in [6.45, 7) is 10.1. The Bertz CT molecular complexity index is 1100. The second kappa shape index (κ2) is 9.07. The topological polar surface area (TPSA) is 86.1 Å². The molecule has 7 nitrogen and oxygen atoms in total. The predicted octanol–water partition coefficient (Wildman–Crippen LogP) is 4.65. The molecule has 0 bridgehead atoms. The Hall–Kier alpha value is -3.22. The highest BCUT2D eigenvalue weighted by Gasteiger charge is 2.22. The first-order valence-corrected chi connectivity index (χ1v) is 10.3. The fourth-order valence-corrected chi connectivity index (χ4v) is 3.47. The van der Waals surface area contributed by atoms with Crippen LogP contribution in [0.25, 0.3) is 16.7 Å². The minimum atomic E-state index is -0.529. The fourth-order valence-electron chi connectivity index (χ4n) is 3.47. The van der Waals surface area contributed by atoms with Gasteiger partial charge in [-0.15, -0.1) is 0 Å². The van der Waals surface area contributed by atoms with Crippen LogP contribution in [0.2, 0.25) is 0 Å². The number of hydrogen-bond donors (Lipinski definition) is 1. The van der Waals surface area contributed by atoms with Crippen LogP contribution in [0.1, 0.15) is 60.2 Å². The number of anilines is 1. The number of ether oxygens (including phenoxy) is 1. The highest BCUT2D eigenvalue weighted by atomic mass is 16.5. The van der Waals surface area contributed by atoms with E-state index in [1.165, 1.54) is 16.4 Å². The third-order valence-electron chi connectivity index (χ3n) is 4.94. The van der Waals surface area contributed by atoms with Crippen molar-refractivity contribution < 1.29 is 14.3 Å². The molecule has 1 N–H and O–H groups in total. The maximum atomic E-state index is 12.4. The number of nitrogens with one attached hydrogen (secondary N) is 1. The number of amides is 1. The maximum Gasteiger partial charge on any atom is 0.343 e. The van der Waals surface area contributed by atoms with E-state index in [0.29, 0.717) is 12.2 Å². The van der Waals surface area contributed by atoms with Crippen LogP contribution in [0.4, 0.5) is 5.82 Å². The monoisotopic (exact) mass is 408 g/mol. The van der Waals surface area contributed by atoms with Gasteiger partial charge < -0.3 is 10.1 Å². The summed E-state index contributed by atoms with van der Waals surface area (Å²) >= 11 is 0. The average molecular weight is 409 g/mol. The third-order valence-corrected chi connectivity index (χ3v) is 4.94. The molecule has 0 aliphatic carbocycles. The lowest BCUT2D eigenvalue weighted by atomic mass is 10.0. The van der Waals surface area contributed by atoms with Crippen molar-refractivity contribution in [2.45, 2.75) is 53.9 Å². The lowest BCUT2D eigenvalue weighted by Gasteiger charge is -2.13. The number of aryl methyl sites for hydroxylation is 3. The zero-order valence-corrected chi connectivity index (χ0v) is 18.2. The molecule has 158 valence electrons. The van der Waals surface area contributed by atoms with Crippen LogP contribution >= 0.6 is 0 Å². The van der Waals surface area contributed by atoms with Gasteiger partial charge in [-0.2, -0.15) is 9.78 Å². The van der Waals surface area contributed by atoms with Crippen molar-refractivity contribution in [3.05, 3.63) is 46.6 Å². The second-order valence-corrected chi connectivity index (χ2v) is 7.47. The number of rotatable bonds is 7. The van der Waals surface area contributed by atoms with E-state index >= 15 is 0 Å². The van der Waals surface area contributed by atoms with E-state index in [-0.39, 0.29) is 23.9 Å². The molecule has 1 aromatic carbocycles. The molecule has 7 heteroatoms. The highest BCUT2D eigenvalue weighted by molar-refractivity contribution is 6.00. The first kappa shape index (κ1) is 21.5. The summed E-state index contributed by atoms with van der Waals surface area (Å²) in [6, 6.07) is 6.10. The average Bonchev–Trinajstić information content (AvgIpc) is 3.10. The lowest BCUT2D eigenvalue weighted by molar-refractivity contribution is -0.116. The van der Waals surface area contributed by atoms with Crippen molar-refractivity contribution in [2.75, 3.05) is 11.9 Å². The summed E-state index contributed by atoms with van der Waals surface area (Å²) in [7, 11) is 0. The quantitative estimate of drug-likeness (QED) is 0.575. The predicted molar refractivity (Wildman–Crippen MR) is 117 cm³/mol. The molecule has 0 aliphatic heterocycles. The van der Waals surface area contributed by atoms with Crippen molar-refractivity contribution in [2.24, 2.45) is 0 Å². The number of nitrogens with zero attached hydrogens (tertiary/aromatic N) is 3. The number of benzene rings is 1. The Labute approximate surface area is 176 Å². The Morgan fingerprint density at radius 3 is 2.57 bits per heavy atom. The molecular weight excluding hydrogens is 380 g/mol. The van der Waals surface area contributed by atoms with E-state index in [4.69, 9.17) is 9.72 Å². The minimum absolute atomic E-state index is 0.173. The lowest BCUT2D eigenvalue weighted by Crippen LogP contribution is -2.18. The summed E-state index contributed by atoms with van der Waals surface area (Å²) in [6.07, 6.45) is 3.45. The Morgan fingerprint density at radius 2 is 1.87 bits per heavy atom.